The van der Waals surface area contributed by atoms with E-state index < -0.39 is 16.1 Å². The van der Waals surface area contributed by atoms with Gasteiger partial charge in [-0.3, -0.25) is 0 Å². The van der Waals surface area contributed by atoms with E-state index in [0.29, 0.717) is 30.1 Å². The van der Waals surface area contributed by atoms with E-state index in [0.717, 1.165) is 11.1 Å². The largest absolute Gasteiger partial charge is 0.495 e. The van der Waals surface area contributed by atoms with Crippen LogP contribution in [0.4, 0.5) is 16.2 Å². The first-order valence-electron chi connectivity index (χ1n) is 9.85. The van der Waals surface area contributed by atoms with E-state index >= 15 is 0 Å². The zero-order valence-corrected chi connectivity index (χ0v) is 17.9. The summed E-state index contributed by atoms with van der Waals surface area (Å²) in [5, 5.41) is 5.57. The molecule has 8 heteroatoms. The van der Waals surface area contributed by atoms with Crippen molar-refractivity contribution in [3.05, 3.63) is 83.9 Å². The van der Waals surface area contributed by atoms with Gasteiger partial charge in [0.2, 0.25) is 10.0 Å². The number of carbonyl (C=O) groups excluding carboxylic acids is 1. The number of sulfonamides is 1. The van der Waals surface area contributed by atoms with Crippen LogP contribution in [-0.4, -0.2) is 32.4 Å². The van der Waals surface area contributed by atoms with Crippen molar-refractivity contribution in [3.8, 4) is 5.75 Å². The van der Waals surface area contributed by atoms with Gasteiger partial charge in [0, 0.05) is 18.8 Å². The van der Waals surface area contributed by atoms with E-state index in [1.54, 1.807) is 48.5 Å². The van der Waals surface area contributed by atoms with E-state index in [4.69, 9.17) is 4.74 Å². The molecule has 3 aromatic rings. The number of fused-ring (bicyclic) bond motifs is 1. The van der Waals surface area contributed by atoms with Gasteiger partial charge >= 0.3 is 6.03 Å². The molecule has 0 radical (unpaired) electrons. The van der Waals surface area contributed by atoms with Crippen LogP contribution >= 0.6 is 0 Å². The van der Waals surface area contributed by atoms with Crippen LogP contribution in [0.3, 0.4) is 0 Å². The molecule has 2 amide bonds. The summed E-state index contributed by atoms with van der Waals surface area (Å²) in [6, 6.07) is 20.7. The molecule has 7 nitrogen and oxygen atoms in total. The van der Waals surface area contributed by atoms with Crippen LogP contribution in [0.2, 0.25) is 0 Å². The number of carbonyl (C=O) groups is 1. The normalized spacial score (nSPS) is 13.8. The van der Waals surface area contributed by atoms with Crippen LogP contribution in [-0.2, 0) is 23.0 Å². The molecule has 0 saturated carbocycles. The molecule has 0 fully saturated rings. The monoisotopic (exact) mass is 437 g/mol. The molecule has 160 valence electrons. The molecule has 0 atom stereocenters. The van der Waals surface area contributed by atoms with Crippen LogP contribution in [0.25, 0.3) is 0 Å². The van der Waals surface area contributed by atoms with Crippen LogP contribution in [0.15, 0.2) is 77.7 Å². The molecule has 0 bridgehead atoms. The summed E-state index contributed by atoms with van der Waals surface area (Å²) >= 11 is 0. The van der Waals surface area contributed by atoms with Crippen LogP contribution in [0.5, 0.6) is 5.75 Å². The lowest BCUT2D eigenvalue weighted by Crippen LogP contribution is -2.36. The lowest BCUT2D eigenvalue weighted by atomic mass is 10.0. The molecular formula is C23H23N3O4S. The number of anilines is 2. The molecule has 1 aliphatic rings. The Morgan fingerprint density at radius 3 is 2.45 bits per heavy atom. The van der Waals surface area contributed by atoms with E-state index in [-0.39, 0.29) is 11.4 Å². The summed E-state index contributed by atoms with van der Waals surface area (Å²) in [6.07, 6.45) is 0.620. The van der Waals surface area contributed by atoms with E-state index in [9.17, 15) is 13.2 Å². The van der Waals surface area contributed by atoms with Crippen molar-refractivity contribution in [1.82, 2.24) is 4.31 Å². The van der Waals surface area contributed by atoms with Gasteiger partial charge in [-0.15, -0.1) is 0 Å². The highest BCUT2D eigenvalue weighted by Crippen LogP contribution is 2.27. The van der Waals surface area contributed by atoms with Crippen LogP contribution in [0.1, 0.15) is 11.1 Å². The maximum atomic E-state index is 13.0. The lowest BCUT2D eigenvalue weighted by molar-refractivity contribution is 0.262. The zero-order chi connectivity index (χ0) is 21.8. The molecule has 1 aliphatic heterocycles. The summed E-state index contributed by atoms with van der Waals surface area (Å²) in [5.41, 5.74) is 3.10. The summed E-state index contributed by atoms with van der Waals surface area (Å²) < 4.78 is 32.6. The molecule has 0 unspecified atom stereocenters. The summed E-state index contributed by atoms with van der Waals surface area (Å²) in [6.45, 7) is 0.682. The molecular weight excluding hydrogens is 414 g/mol. The van der Waals surface area contributed by atoms with Gasteiger partial charge < -0.3 is 15.4 Å². The van der Waals surface area contributed by atoms with Gasteiger partial charge in [0.25, 0.3) is 0 Å². The Hall–Kier alpha value is -3.36. The van der Waals surface area contributed by atoms with Crippen LogP contribution < -0.4 is 15.4 Å². The average Bonchev–Trinajstić information content (AvgIpc) is 2.79. The zero-order valence-electron chi connectivity index (χ0n) is 17.0. The lowest BCUT2D eigenvalue weighted by Gasteiger charge is -2.28. The number of benzene rings is 3. The van der Waals surface area contributed by atoms with Gasteiger partial charge in [-0.05, 0) is 53.9 Å². The first-order valence-corrected chi connectivity index (χ1v) is 11.3. The number of hydrogen-bond donors (Lipinski definition) is 2. The van der Waals surface area contributed by atoms with Crippen molar-refractivity contribution in [2.75, 3.05) is 24.3 Å². The highest BCUT2D eigenvalue weighted by Gasteiger charge is 2.28. The van der Waals surface area contributed by atoms with Gasteiger partial charge in [0.15, 0.2) is 0 Å². The van der Waals surface area contributed by atoms with Crippen molar-refractivity contribution in [2.45, 2.75) is 17.9 Å². The number of para-hydroxylation sites is 2. The molecule has 31 heavy (non-hydrogen) atoms. The topological polar surface area (TPSA) is 87.7 Å². The number of urea groups is 1. The fraction of sp³-hybridized carbons (Fsp3) is 0.174. The quantitative estimate of drug-likeness (QED) is 0.629. The molecule has 3 aromatic carbocycles. The first-order chi connectivity index (χ1) is 15.0. The summed E-state index contributed by atoms with van der Waals surface area (Å²) in [5.74, 6) is 0.560. The standard InChI is InChI=1S/C23H23N3O4S/c1-30-22-10-6-5-9-21(22)25-23(27)24-19-12-11-17-13-14-26(16-18(17)15-19)31(28,29)20-7-3-2-4-8-20/h2-12,15H,13-14,16H2,1H3,(H2,24,25,27). The minimum atomic E-state index is -3.57. The predicted molar refractivity (Wildman–Crippen MR) is 120 cm³/mol. The number of methoxy groups -OCH3 is 1. The fourth-order valence-electron chi connectivity index (χ4n) is 3.59. The maximum absolute atomic E-state index is 13.0. The van der Waals surface area contributed by atoms with E-state index in [1.807, 2.05) is 24.3 Å². The van der Waals surface area contributed by atoms with Gasteiger partial charge in [0.05, 0.1) is 17.7 Å². The fourth-order valence-corrected chi connectivity index (χ4v) is 5.03. The summed E-state index contributed by atoms with van der Waals surface area (Å²) in [4.78, 5) is 12.7. The number of nitrogens with one attached hydrogen (secondary N) is 2. The maximum Gasteiger partial charge on any atom is 0.323 e. The van der Waals surface area contributed by atoms with Gasteiger partial charge in [-0.1, -0.05) is 36.4 Å². The number of hydrogen-bond acceptors (Lipinski definition) is 4. The average molecular weight is 438 g/mol. The minimum Gasteiger partial charge on any atom is -0.495 e. The number of rotatable bonds is 5. The Morgan fingerprint density at radius 1 is 0.935 bits per heavy atom. The molecule has 1 heterocycles. The van der Waals surface area contributed by atoms with Crippen LogP contribution in [0, 0.1) is 0 Å². The van der Waals surface area contributed by atoms with E-state index in [1.165, 1.54) is 11.4 Å². The first kappa shape index (κ1) is 20.9. The molecule has 0 saturated heterocycles. The van der Waals surface area contributed by atoms with Crippen molar-refractivity contribution >= 4 is 27.4 Å². The Morgan fingerprint density at radius 2 is 1.68 bits per heavy atom. The van der Waals surface area contributed by atoms with Crippen molar-refractivity contribution in [3.63, 3.8) is 0 Å². The number of amides is 2. The molecule has 2 N–H and O–H groups in total. The third-order valence-electron chi connectivity index (χ3n) is 5.18. The molecule has 0 spiro atoms. The number of ether oxygens (including phenoxy) is 1. The molecule has 0 aromatic heterocycles. The van der Waals surface area contributed by atoms with E-state index in [2.05, 4.69) is 10.6 Å². The second-order valence-corrected chi connectivity index (χ2v) is 9.10. The summed E-state index contributed by atoms with van der Waals surface area (Å²) in [7, 11) is -2.03. The van der Waals surface area contributed by atoms with Gasteiger partial charge in [-0.2, -0.15) is 4.31 Å². The number of nitrogens with zero attached hydrogens (tertiary/aromatic N) is 1. The van der Waals surface area contributed by atoms with Crippen molar-refractivity contribution < 1.29 is 17.9 Å². The molecule has 4 rings (SSSR count). The Bertz CT molecular complexity index is 1200. The third kappa shape index (κ3) is 4.55. The highest BCUT2D eigenvalue weighted by atomic mass is 32.2. The second kappa shape index (κ2) is 8.79. The highest BCUT2D eigenvalue weighted by molar-refractivity contribution is 7.89. The van der Waals surface area contributed by atoms with Crippen molar-refractivity contribution in [1.29, 1.82) is 0 Å². The Kier molecular flexibility index (Phi) is 5.92. The molecule has 0 aliphatic carbocycles. The smallest absolute Gasteiger partial charge is 0.323 e. The van der Waals surface area contributed by atoms with Gasteiger partial charge in [0.1, 0.15) is 5.75 Å². The third-order valence-corrected chi connectivity index (χ3v) is 7.04. The van der Waals surface area contributed by atoms with Crippen molar-refractivity contribution in [2.24, 2.45) is 0 Å². The predicted octanol–water partition coefficient (Wildman–Crippen LogP) is 4.09. The Balaban J connectivity index is 1.49. The SMILES string of the molecule is COc1ccccc1NC(=O)Nc1ccc2c(c1)CN(S(=O)(=O)c1ccccc1)CC2. The Labute approximate surface area is 181 Å². The minimum absolute atomic E-state index is 0.260. The second-order valence-electron chi connectivity index (χ2n) is 7.16. The van der Waals surface area contributed by atoms with Gasteiger partial charge in [-0.25, -0.2) is 13.2 Å².